The minimum atomic E-state index is -0.992. The van der Waals surface area contributed by atoms with E-state index < -0.39 is 16.6 Å². The van der Waals surface area contributed by atoms with E-state index in [2.05, 4.69) is 15.7 Å². The van der Waals surface area contributed by atoms with Crippen molar-refractivity contribution in [3.63, 3.8) is 0 Å². The standard InChI is InChI=1S/C12H11F2N5O2/c13-8-2-1-7(5-9(8)14)6-16-12-10(19(20)21)3-4-11(17-12)18-15/h1-5H,6,15H2,(H2,16,17,18). The highest BCUT2D eigenvalue weighted by atomic mass is 19.2. The number of nitrogens with one attached hydrogen (secondary N) is 2. The summed E-state index contributed by atoms with van der Waals surface area (Å²) in [5.41, 5.74) is 2.42. The van der Waals surface area contributed by atoms with Crippen LogP contribution in [0.2, 0.25) is 0 Å². The van der Waals surface area contributed by atoms with Gasteiger partial charge in [0.1, 0.15) is 5.82 Å². The molecule has 0 amide bonds. The molecular weight excluding hydrogens is 284 g/mol. The van der Waals surface area contributed by atoms with Gasteiger partial charge < -0.3 is 10.7 Å². The Morgan fingerprint density at radius 3 is 2.62 bits per heavy atom. The molecule has 9 heteroatoms. The van der Waals surface area contributed by atoms with Crippen molar-refractivity contribution in [3.8, 4) is 0 Å². The zero-order chi connectivity index (χ0) is 15.4. The first-order chi connectivity index (χ1) is 10.0. The van der Waals surface area contributed by atoms with Crippen LogP contribution in [0.5, 0.6) is 0 Å². The molecule has 7 nitrogen and oxygen atoms in total. The number of pyridine rings is 1. The number of aromatic nitrogens is 1. The molecule has 0 aliphatic heterocycles. The fraction of sp³-hybridized carbons (Fsp3) is 0.0833. The Labute approximate surface area is 117 Å². The third-order valence-corrected chi connectivity index (χ3v) is 2.66. The van der Waals surface area contributed by atoms with Gasteiger partial charge in [0, 0.05) is 12.6 Å². The lowest BCUT2D eigenvalue weighted by Crippen LogP contribution is -2.11. The molecule has 0 bridgehead atoms. The van der Waals surface area contributed by atoms with E-state index in [9.17, 15) is 18.9 Å². The molecular formula is C12H11F2N5O2. The molecule has 0 radical (unpaired) electrons. The fourth-order valence-corrected chi connectivity index (χ4v) is 1.64. The number of rotatable bonds is 5. The van der Waals surface area contributed by atoms with Gasteiger partial charge in [-0.15, -0.1) is 0 Å². The molecule has 1 heterocycles. The highest BCUT2D eigenvalue weighted by Gasteiger charge is 2.15. The summed E-state index contributed by atoms with van der Waals surface area (Å²) >= 11 is 0. The molecule has 0 unspecified atom stereocenters. The molecule has 21 heavy (non-hydrogen) atoms. The SMILES string of the molecule is NNc1ccc([N+](=O)[O-])c(NCc2ccc(F)c(F)c2)n1. The molecule has 110 valence electrons. The summed E-state index contributed by atoms with van der Waals surface area (Å²) in [6.45, 7) is 0.0407. The van der Waals surface area contributed by atoms with Crippen molar-refractivity contribution in [1.82, 2.24) is 4.98 Å². The summed E-state index contributed by atoms with van der Waals surface area (Å²) < 4.78 is 25.9. The summed E-state index contributed by atoms with van der Waals surface area (Å²) in [6.07, 6.45) is 0. The maximum absolute atomic E-state index is 13.1. The number of benzene rings is 1. The summed E-state index contributed by atoms with van der Waals surface area (Å²) in [7, 11) is 0. The maximum Gasteiger partial charge on any atom is 0.311 e. The van der Waals surface area contributed by atoms with Crippen LogP contribution in [0.4, 0.5) is 26.1 Å². The molecule has 0 atom stereocenters. The lowest BCUT2D eigenvalue weighted by molar-refractivity contribution is -0.384. The van der Waals surface area contributed by atoms with E-state index in [-0.39, 0.29) is 23.9 Å². The van der Waals surface area contributed by atoms with Crippen molar-refractivity contribution >= 4 is 17.3 Å². The highest BCUT2D eigenvalue weighted by molar-refractivity contribution is 5.60. The molecule has 1 aromatic heterocycles. The van der Waals surface area contributed by atoms with Gasteiger partial charge in [0.15, 0.2) is 11.6 Å². The van der Waals surface area contributed by atoms with E-state index in [4.69, 9.17) is 5.84 Å². The Kier molecular flexibility index (Phi) is 4.24. The van der Waals surface area contributed by atoms with Crippen LogP contribution in [-0.2, 0) is 6.54 Å². The van der Waals surface area contributed by atoms with Gasteiger partial charge in [0.25, 0.3) is 0 Å². The van der Waals surface area contributed by atoms with Gasteiger partial charge >= 0.3 is 5.69 Å². The van der Waals surface area contributed by atoms with Crippen LogP contribution < -0.4 is 16.6 Å². The van der Waals surface area contributed by atoms with Crippen molar-refractivity contribution in [2.45, 2.75) is 6.54 Å². The molecule has 0 saturated heterocycles. The predicted molar refractivity (Wildman–Crippen MR) is 72.4 cm³/mol. The quantitative estimate of drug-likeness (QED) is 0.443. The predicted octanol–water partition coefficient (Wildman–Crippen LogP) is 2.17. The second-order valence-electron chi connectivity index (χ2n) is 4.07. The van der Waals surface area contributed by atoms with Crippen LogP contribution in [-0.4, -0.2) is 9.91 Å². The number of hydrogen-bond acceptors (Lipinski definition) is 6. The van der Waals surface area contributed by atoms with Gasteiger partial charge in [-0.25, -0.2) is 19.6 Å². The Morgan fingerprint density at radius 2 is 2.00 bits per heavy atom. The molecule has 0 saturated carbocycles. The molecule has 0 spiro atoms. The Balaban J connectivity index is 2.21. The number of nitro groups is 1. The van der Waals surface area contributed by atoms with Gasteiger partial charge in [-0.05, 0) is 23.8 Å². The van der Waals surface area contributed by atoms with Crippen molar-refractivity contribution in [3.05, 3.63) is 57.6 Å². The summed E-state index contributed by atoms with van der Waals surface area (Å²) in [6, 6.07) is 5.92. The summed E-state index contributed by atoms with van der Waals surface area (Å²) in [4.78, 5) is 14.2. The third-order valence-electron chi connectivity index (χ3n) is 2.66. The number of nitrogens with two attached hydrogens (primary N) is 1. The number of hydrazine groups is 1. The lowest BCUT2D eigenvalue weighted by atomic mass is 10.2. The topological polar surface area (TPSA) is 106 Å². The highest BCUT2D eigenvalue weighted by Crippen LogP contribution is 2.24. The number of nitrogen functional groups attached to an aromatic ring is 1. The van der Waals surface area contributed by atoms with Gasteiger partial charge in [0.05, 0.1) is 4.92 Å². The van der Waals surface area contributed by atoms with Crippen LogP contribution >= 0.6 is 0 Å². The number of halogens is 2. The van der Waals surface area contributed by atoms with Crippen LogP contribution in [0.1, 0.15) is 5.56 Å². The smallest absolute Gasteiger partial charge is 0.311 e. The minimum absolute atomic E-state index is 0.0276. The van der Waals surface area contributed by atoms with E-state index in [1.54, 1.807) is 0 Å². The number of hydrogen-bond donors (Lipinski definition) is 3. The number of anilines is 2. The van der Waals surface area contributed by atoms with Crippen molar-refractivity contribution in [2.75, 3.05) is 10.7 Å². The molecule has 0 fully saturated rings. The average molecular weight is 295 g/mol. The maximum atomic E-state index is 13.1. The molecule has 4 N–H and O–H groups in total. The zero-order valence-corrected chi connectivity index (χ0v) is 10.6. The molecule has 0 aliphatic carbocycles. The monoisotopic (exact) mass is 295 g/mol. The molecule has 2 rings (SSSR count). The summed E-state index contributed by atoms with van der Waals surface area (Å²) in [5, 5.41) is 13.6. The van der Waals surface area contributed by atoms with Crippen LogP contribution in [0.15, 0.2) is 30.3 Å². The van der Waals surface area contributed by atoms with Gasteiger partial charge in [0.2, 0.25) is 5.82 Å². The second-order valence-corrected chi connectivity index (χ2v) is 4.07. The third kappa shape index (κ3) is 3.39. The zero-order valence-electron chi connectivity index (χ0n) is 10.6. The van der Waals surface area contributed by atoms with E-state index in [0.29, 0.717) is 5.56 Å². The molecule has 0 aliphatic rings. The summed E-state index contributed by atoms with van der Waals surface area (Å²) in [5.74, 6) is 3.44. The first kappa shape index (κ1) is 14.6. The van der Waals surface area contributed by atoms with Crippen LogP contribution in [0.3, 0.4) is 0 Å². The molecule has 1 aromatic carbocycles. The van der Waals surface area contributed by atoms with E-state index in [0.717, 1.165) is 12.1 Å². The van der Waals surface area contributed by atoms with E-state index >= 15 is 0 Å². The van der Waals surface area contributed by atoms with Crippen LogP contribution in [0.25, 0.3) is 0 Å². The van der Waals surface area contributed by atoms with E-state index in [1.165, 1.54) is 18.2 Å². The second kappa shape index (κ2) is 6.09. The Morgan fingerprint density at radius 1 is 1.24 bits per heavy atom. The Hall–Kier alpha value is -2.81. The first-order valence-electron chi connectivity index (χ1n) is 5.81. The lowest BCUT2D eigenvalue weighted by Gasteiger charge is -2.08. The fourth-order valence-electron chi connectivity index (χ4n) is 1.64. The van der Waals surface area contributed by atoms with E-state index in [1.807, 2.05) is 0 Å². The first-order valence-corrected chi connectivity index (χ1v) is 5.81. The minimum Gasteiger partial charge on any atom is -0.360 e. The van der Waals surface area contributed by atoms with Gasteiger partial charge in [-0.1, -0.05) is 6.07 Å². The average Bonchev–Trinajstić information content (AvgIpc) is 2.48. The van der Waals surface area contributed by atoms with Gasteiger partial charge in [-0.2, -0.15) is 0 Å². The van der Waals surface area contributed by atoms with Crippen molar-refractivity contribution in [1.29, 1.82) is 0 Å². The molecule has 2 aromatic rings. The van der Waals surface area contributed by atoms with Gasteiger partial charge in [-0.3, -0.25) is 10.1 Å². The normalized spacial score (nSPS) is 10.2. The largest absolute Gasteiger partial charge is 0.360 e. The van der Waals surface area contributed by atoms with Crippen molar-refractivity contribution < 1.29 is 13.7 Å². The Bertz CT molecular complexity index is 681. The number of nitrogens with zero attached hydrogens (tertiary/aromatic N) is 2. The van der Waals surface area contributed by atoms with Crippen molar-refractivity contribution in [2.24, 2.45) is 5.84 Å². The van der Waals surface area contributed by atoms with Crippen LogP contribution in [0, 0.1) is 21.7 Å².